The number of nitrogens with zero attached hydrogens (tertiary/aromatic N) is 3. The van der Waals surface area contributed by atoms with Crippen molar-refractivity contribution in [3.05, 3.63) is 65.3 Å². The van der Waals surface area contributed by atoms with Gasteiger partial charge >= 0.3 is 0 Å². The Hall–Kier alpha value is -3.38. The first-order chi connectivity index (χ1) is 13.6. The summed E-state index contributed by atoms with van der Waals surface area (Å²) < 4.78 is 11.1. The standard InChI is InChI=1S/C21H16ClN3O3/c1-2-27-18-11-15(22)9-14(19(18)26)12-24-16-6-3-5-13(10-16)21-25-20-17(28-21)7-4-8-23-20/h3-12,26H,2H2,1H3. The summed E-state index contributed by atoms with van der Waals surface area (Å²) in [7, 11) is 0. The molecule has 4 aromatic rings. The minimum Gasteiger partial charge on any atom is -0.504 e. The molecule has 2 aromatic heterocycles. The fourth-order valence-electron chi connectivity index (χ4n) is 2.71. The van der Waals surface area contributed by atoms with E-state index in [-0.39, 0.29) is 5.75 Å². The second kappa shape index (κ2) is 7.70. The second-order valence-corrected chi connectivity index (χ2v) is 6.36. The van der Waals surface area contributed by atoms with Crippen LogP contribution in [-0.4, -0.2) is 27.9 Å². The summed E-state index contributed by atoms with van der Waals surface area (Å²) in [4.78, 5) is 13.0. The van der Waals surface area contributed by atoms with Crippen molar-refractivity contribution in [1.82, 2.24) is 9.97 Å². The van der Waals surface area contributed by atoms with Crippen molar-refractivity contribution in [2.24, 2.45) is 4.99 Å². The molecule has 7 heteroatoms. The lowest BCUT2D eigenvalue weighted by molar-refractivity contribution is 0.318. The number of pyridine rings is 1. The van der Waals surface area contributed by atoms with E-state index in [0.717, 1.165) is 5.56 Å². The molecule has 0 bridgehead atoms. The molecule has 2 aromatic carbocycles. The van der Waals surface area contributed by atoms with Gasteiger partial charge in [0.15, 0.2) is 22.7 Å². The topological polar surface area (TPSA) is 80.7 Å². The van der Waals surface area contributed by atoms with Crippen molar-refractivity contribution in [2.45, 2.75) is 6.92 Å². The molecule has 0 atom stereocenters. The number of halogens is 1. The quantitative estimate of drug-likeness (QED) is 0.459. The normalized spacial score (nSPS) is 11.4. The fourth-order valence-corrected chi connectivity index (χ4v) is 2.93. The molecule has 0 spiro atoms. The van der Waals surface area contributed by atoms with E-state index >= 15 is 0 Å². The van der Waals surface area contributed by atoms with Crippen LogP contribution < -0.4 is 4.74 Å². The molecular formula is C21H16ClN3O3. The van der Waals surface area contributed by atoms with Gasteiger partial charge in [0.05, 0.1) is 12.3 Å². The van der Waals surface area contributed by atoms with Gasteiger partial charge < -0.3 is 14.3 Å². The van der Waals surface area contributed by atoms with Gasteiger partial charge in [0.1, 0.15) is 0 Å². The van der Waals surface area contributed by atoms with E-state index < -0.39 is 0 Å². The molecule has 0 aliphatic rings. The molecule has 28 heavy (non-hydrogen) atoms. The highest BCUT2D eigenvalue weighted by Gasteiger charge is 2.10. The number of hydrogen-bond acceptors (Lipinski definition) is 6. The monoisotopic (exact) mass is 393 g/mol. The Balaban J connectivity index is 1.65. The maximum Gasteiger partial charge on any atom is 0.228 e. The van der Waals surface area contributed by atoms with Gasteiger partial charge in [-0.2, -0.15) is 4.98 Å². The third-order valence-corrected chi connectivity index (χ3v) is 4.20. The van der Waals surface area contributed by atoms with E-state index in [9.17, 15) is 5.11 Å². The molecule has 0 amide bonds. The predicted octanol–water partition coefficient (Wildman–Crippen LogP) is 5.40. The first-order valence-corrected chi connectivity index (χ1v) is 9.03. The summed E-state index contributed by atoms with van der Waals surface area (Å²) in [5.41, 5.74) is 3.09. The molecule has 0 saturated carbocycles. The number of aromatic hydroxyl groups is 1. The summed E-state index contributed by atoms with van der Waals surface area (Å²) in [6, 6.07) is 14.2. The van der Waals surface area contributed by atoms with Crippen LogP contribution >= 0.6 is 11.6 Å². The number of ether oxygens (including phenoxy) is 1. The van der Waals surface area contributed by atoms with Crippen molar-refractivity contribution >= 4 is 34.7 Å². The molecule has 0 saturated heterocycles. The maximum atomic E-state index is 10.3. The molecule has 0 fully saturated rings. The number of phenolic OH excluding ortho intramolecular Hbond substituents is 1. The number of aliphatic imine (C=N–C) groups is 1. The van der Waals surface area contributed by atoms with Crippen LogP contribution in [0.25, 0.3) is 22.7 Å². The molecule has 0 aliphatic heterocycles. The average Bonchev–Trinajstić information content (AvgIpc) is 3.14. The van der Waals surface area contributed by atoms with Gasteiger partial charge in [0.2, 0.25) is 5.89 Å². The van der Waals surface area contributed by atoms with Crippen LogP contribution in [0.3, 0.4) is 0 Å². The van der Waals surface area contributed by atoms with Crippen molar-refractivity contribution in [2.75, 3.05) is 6.61 Å². The average molecular weight is 394 g/mol. The Morgan fingerprint density at radius 1 is 1.21 bits per heavy atom. The van der Waals surface area contributed by atoms with Gasteiger partial charge in [-0.1, -0.05) is 17.7 Å². The highest BCUT2D eigenvalue weighted by atomic mass is 35.5. The number of hydrogen-bond donors (Lipinski definition) is 1. The SMILES string of the molecule is CCOc1cc(Cl)cc(C=Nc2cccc(-c3nc4ncccc4o3)c2)c1O. The summed E-state index contributed by atoms with van der Waals surface area (Å²) in [5.74, 6) is 0.787. The van der Waals surface area contributed by atoms with Crippen LogP contribution in [0.5, 0.6) is 11.5 Å². The number of benzene rings is 2. The lowest BCUT2D eigenvalue weighted by Crippen LogP contribution is -1.94. The molecule has 6 nitrogen and oxygen atoms in total. The third-order valence-electron chi connectivity index (χ3n) is 3.98. The Morgan fingerprint density at radius 2 is 2.11 bits per heavy atom. The van der Waals surface area contributed by atoms with Crippen molar-refractivity contribution in [1.29, 1.82) is 0 Å². The van der Waals surface area contributed by atoms with E-state index in [1.54, 1.807) is 24.4 Å². The highest BCUT2D eigenvalue weighted by Crippen LogP contribution is 2.33. The first-order valence-electron chi connectivity index (χ1n) is 8.65. The number of phenols is 1. The van der Waals surface area contributed by atoms with Gasteiger partial charge in [-0.15, -0.1) is 0 Å². The Kier molecular flexibility index (Phi) is 4.95. The van der Waals surface area contributed by atoms with E-state index in [1.165, 1.54) is 6.21 Å². The maximum absolute atomic E-state index is 10.3. The summed E-state index contributed by atoms with van der Waals surface area (Å²) >= 11 is 6.10. The van der Waals surface area contributed by atoms with Gasteiger partial charge in [-0.05, 0) is 43.3 Å². The third kappa shape index (κ3) is 3.68. The zero-order valence-electron chi connectivity index (χ0n) is 15.0. The van der Waals surface area contributed by atoms with Gasteiger partial charge in [-0.25, -0.2) is 4.98 Å². The van der Waals surface area contributed by atoms with Crippen molar-refractivity contribution in [3.63, 3.8) is 0 Å². The largest absolute Gasteiger partial charge is 0.504 e. The Bertz CT molecular complexity index is 1140. The summed E-state index contributed by atoms with van der Waals surface area (Å²) in [6.07, 6.45) is 3.21. The lowest BCUT2D eigenvalue weighted by Gasteiger charge is -2.08. The highest BCUT2D eigenvalue weighted by molar-refractivity contribution is 6.31. The Labute approximate surface area is 166 Å². The molecule has 0 unspecified atom stereocenters. The van der Waals surface area contributed by atoms with Gasteiger partial charge in [0.25, 0.3) is 0 Å². The van der Waals surface area contributed by atoms with Crippen LogP contribution in [0, 0.1) is 0 Å². The second-order valence-electron chi connectivity index (χ2n) is 5.93. The zero-order valence-corrected chi connectivity index (χ0v) is 15.7. The van der Waals surface area contributed by atoms with Gasteiger partial charge in [-0.3, -0.25) is 4.99 Å². The minimum absolute atomic E-state index is 0.00354. The van der Waals surface area contributed by atoms with Crippen LogP contribution in [0.1, 0.15) is 12.5 Å². The molecule has 0 aliphatic carbocycles. The van der Waals surface area contributed by atoms with E-state index in [1.807, 2.05) is 37.3 Å². The van der Waals surface area contributed by atoms with Crippen LogP contribution in [0.15, 0.2) is 64.1 Å². The minimum atomic E-state index is -0.00354. The summed E-state index contributed by atoms with van der Waals surface area (Å²) in [6.45, 7) is 2.26. The zero-order chi connectivity index (χ0) is 19.5. The number of aromatic nitrogens is 2. The van der Waals surface area contributed by atoms with Crippen LogP contribution in [0.2, 0.25) is 5.02 Å². The number of fused-ring (bicyclic) bond motifs is 1. The smallest absolute Gasteiger partial charge is 0.228 e. The van der Waals surface area contributed by atoms with Crippen LogP contribution in [-0.2, 0) is 0 Å². The number of oxazole rings is 1. The lowest BCUT2D eigenvalue weighted by atomic mass is 10.2. The van der Waals surface area contributed by atoms with Crippen molar-refractivity contribution < 1.29 is 14.3 Å². The van der Waals surface area contributed by atoms with E-state index in [4.69, 9.17) is 20.8 Å². The first kappa shape index (κ1) is 18.0. The van der Waals surface area contributed by atoms with E-state index in [2.05, 4.69) is 15.0 Å². The predicted molar refractivity (Wildman–Crippen MR) is 109 cm³/mol. The summed E-state index contributed by atoms with van der Waals surface area (Å²) in [5, 5.41) is 10.8. The molecule has 4 rings (SSSR count). The van der Waals surface area contributed by atoms with E-state index in [0.29, 0.717) is 45.8 Å². The molecule has 140 valence electrons. The Morgan fingerprint density at radius 3 is 2.93 bits per heavy atom. The van der Waals surface area contributed by atoms with Crippen molar-refractivity contribution in [3.8, 4) is 23.0 Å². The molecule has 2 heterocycles. The van der Waals surface area contributed by atoms with Gasteiger partial charge in [0, 0.05) is 34.6 Å². The van der Waals surface area contributed by atoms with Crippen LogP contribution in [0.4, 0.5) is 5.69 Å². The molecule has 1 N–H and O–H groups in total. The molecular weight excluding hydrogens is 378 g/mol. The fraction of sp³-hybridized carbons (Fsp3) is 0.0952. The molecule has 0 radical (unpaired) electrons. The number of rotatable bonds is 5.